The lowest BCUT2D eigenvalue weighted by molar-refractivity contribution is -0.186. The normalized spacial score (nSPS) is 58.6. The van der Waals surface area contributed by atoms with E-state index in [4.69, 9.17) is 4.74 Å². The summed E-state index contributed by atoms with van der Waals surface area (Å²) in [6.07, 6.45) is 14.0. The van der Waals surface area contributed by atoms with Crippen LogP contribution in [0.5, 0.6) is 0 Å². The lowest BCUT2D eigenvalue weighted by Crippen LogP contribution is -2.53. The van der Waals surface area contributed by atoms with Gasteiger partial charge in [0, 0.05) is 0 Å². The Morgan fingerprint density at radius 2 is 0.957 bits per heavy atom. The largest absolute Gasteiger partial charge is 0.462 e. The fourth-order valence-corrected chi connectivity index (χ4v) is 8.59. The van der Waals surface area contributed by atoms with E-state index in [-0.39, 0.29) is 11.9 Å². The Morgan fingerprint density at radius 3 is 1.39 bits per heavy atom. The van der Waals surface area contributed by atoms with Gasteiger partial charge in [-0.25, -0.2) is 0 Å². The topological polar surface area (TPSA) is 26.3 Å². The van der Waals surface area contributed by atoms with Crippen molar-refractivity contribution in [2.24, 2.45) is 53.3 Å². The van der Waals surface area contributed by atoms with E-state index < -0.39 is 0 Å². The van der Waals surface area contributed by atoms with Gasteiger partial charge in [-0.05, 0) is 112 Å². The average molecular weight is 314 g/mol. The van der Waals surface area contributed by atoms with Gasteiger partial charge in [0.1, 0.15) is 6.10 Å². The lowest BCUT2D eigenvalue weighted by atomic mass is 9.52. The summed E-state index contributed by atoms with van der Waals surface area (Å²) in [7, 11) is 0. The number of carbonyl (C=O) groups is 1. The van der Waals surface area contributed by atoms with E-state index in [2.05, 4.69) is 0 Å². The lowest BCUT2D eigenvalue weighted by Gasteiger charge is -2.55. The molecule has 0 spiro atoms. The molecule has 126 valence electrons. The van der Waals surface area contributed by atoms with E-state index in [0.717, 1.165) is 23.7 Å². The molecule has 2 heteroatoms. The maximum absolute atomic E-state index is 13.1. The van der Waals surface area contributed by atoms with Crippen LogP contribution in [0.15, 0.2) is 0 Å². The summed E-state index contributed by atoms with van der Waals surface area (Å²) >= 11 is 0. The molecule has 0 aromatic carbocycles. The third-order valence-corrected chi connectivity index (χ3v) is 8.89. The summed E-state index contributed by atoms with van der Waals surface area (Å²) < 4.78 is 6.31. The number of rotatable bonds is 2. The molecular formula is C21H30O2. The molecule has 0 saturated heterocycles. The second kappa shape index (κ2) is 4.76. The second-order valence-corrected chi connectivity index (χ2v) is 10.3. The minimum atomic E-state index is 0.233. The molecule has 8 aliphatic carbocycles. The molecule has 0 atom stereocenters. The first-order valence-electron chi connectivity index (χ1n) is 10.4. The number of hydrogen-bond acceptors (Lipinski definition) is 2. The van der Waals surface area contributed by atoms with Gasteiger partial charge in [-0.2, -0.15) is 0 Å². The van der Waals surface area contributed by atoms with Gasteiger partial charge in [0.2, 0.25) is 0 Å². The summed E-state index contributed by atoms with van der Waals surface area (Å²) in [5, 5.41) is 0. The van der Waals surface area contributed by atoms with Crippen LogP contribution in [-0.4, -0.2) is 12.1 Å². The van der Waals surface area contributed by atoms with Crippen LogP contribution in [0.4, 0.5) is 0 Å². The molecule has 0 N–H and O–H groups in total. The number of hydrogen-bond donors (Lipinski definition) is 0. The van der Waals surface area contributed by atoms with Crippen LogP contribution in [0.3, 0.4) is 0 Å². The van der Waals surface area contributed by atoms with Crippen molar-refractivity contribution in [1.82, 2.24) is 0 Å². The average Bonchev–Trinajstić information content (AvgIpc) is 2.49. The molecule has 8 fully saturated rings. The Balaban J connectivity index is 1.19. The summed E-state index contributed by atoms with van der Waals surface area (Å²) in [5.41, 5.74) is 0. The molecule has 0 aromatic rings. The highest BCUT2D eigenvalue weighted by atomic mass is 16.5. The van der Waals surface area contributed by atoms with E-state index in [0.29, 0.717) is 29.8 Å². The molecule has 0 amide bonds. The Labute approximate surface area is 139 Å². The Morgan fingerprint density at radius 1 is 0.565 bits per heavy atom. The molecule has 0 radical (unpaired) electrons. The molecule has 8 bridgehead atoms. The second-order valence-electron chi connectivity index (χ2n) is 10.3. The molecule has 0 heterocycles. The maximum atomic E-state index is 13.1. The van der Waals surface area contributed by atoms with Gasteiger partial charge in [-0.15, -0.1) is 0 Å². The van der Waals surface area contributed by atoms with Gasteiger partial charge < -0.3 is 4.74 Å². The molecule has 0 unspecified atom stereocenters. The van der Waals surface area contributed by atoms with Crippen molar-refractivity contribution in [1.29, 1.82) is 0 Å². The number of carbonyl (C=O) groups excluding carboxylic acids is 1. The van der Waals surface area contributed by atoms with E-state index in [1.807, 2.05) is 0 Å². The molecule has 0 aromatic heterocycles. The van der Waals surface area contributed by atoms with E-state index in [1.165, 1.54) is 64.2 Å². The smallest absolute Gasteiger partial charge is 0.309 e. The first-order chi connectivity index (χ1) is 11.2. The predicted octanol–water partition coefficient (Wildman–Crippen LogP) is 4.43. The van der Waals surface area contributed by atoms with Crippen molar-refractivity contribution >= 4 is 5.97 Å². The maximum Gasteiger partial charge on any atom is 0.309 e. The molecule has 8 rings (SSSR count). The van der Waals surface area contributed by atoms with Gasteiger partial charge >= 0.3 is 5.97 Å². The molecule has 8 saturated carbocycles. The van der Waals surface area contributed by atoms with Gasteiger partial charge in [-0.3, -0.25) is 4.79 Å². The first-order valence-corrected chi connectivity index (χ1v) is 10.4. The van der Waals surface area contributed by atoms with Crippen LogP contribution in [-0.2, 0) is 9.53 Å². The third-order valence-electron chi connectivity index (χ3n) is 8.89. The van der Waals surface area contributed by atoms with Crippen molar-refractivity contribution in [3.63, 3.8) is 0 Å². The minimum absolute atomic E-state index is 0.233. The fourth-order valence-electron chi connectivity index (χ4n) is 8.59. The zero-order valence-corrected chi connectivity index (χ0v) is 14.2. The fraction of sp³-hybridized carbons (Fsp3) is 0.952. The third kappa shape index (κ3) is 2.02. The van der Waals surface area contributed by atoms with Gasteiger partial charge in [0.25, 0.3) is 0 Å². The Kier molecular flexibility index (Phi) is 2.84. The van der Waals surface area contributed by atoms with Crippen LogP contribution >= 0.6 is 0 Å². The molecule has 8 aliphatic rings. The van der Waals surface area contributed by atoms with E-state index in [1.54, 1.807) is 0 Å². The van der Waals surface area contributed by atoms with Crippen molar-refractivity contribution in [3.05, 3.63) is 0 Å². The first kappa shape index (κ1) is 13.7. The summed E-state index contributed by atoms with van der Waals surface area (Å²) in [5.74, 6) is 7.12. The van der Waals surface area contributed by atoms with Crippen LogP contribution in [0.25, 0.3) is 0 Å². The molecule has 0 aliphatic heterocycles. The van der Waals surface area contributed by atoms with Crippen LogP contribution in [0, 0.1) is 53.3 Å². The van der Waals surface area contributed by atoms with Crippen molar-refractivity contribution in [2.45, 2.75) is 70.3 Å². The van der Waals surface area contributed by atoms with Gasteiger partial charge in [0.15, 0.2) is 0 Å². The Bertz CT molecular complexity index is 468. The number of esters is 1. The van der Waals surface area contributed by atoms with Gasteiger partial charge in [0.05, 0.1) is 5.92 Å². The van der Waals surface area contributed by atoms with Crippen LogP contribution in [0.1, 0.15) is 64.2 Å². The van der Waals surface area contributed by atoms with E-state index >= 15 is 0 Å². The summed E-state index contributed by atoms with van der Waals surface area (Å²) in [4.78, 5) is 13.1. The Hall–Kier alpha value is -0.530. The quantitative estimate of drug-likeness (QED) is 0.705. The summed E-state index contributed by atoms with van der Waals surface area (Å²) in [6.45, 7) is 0. The zero-order chi connectivity index (χ0) is 15.1. The highest BCUT2D eigenvalue weighted by Gasteiger charge is 2.54. The van der Waals surface area contributed by atoms with Crippen LogP contribution in [0.2, 0.25) is 0 Å². The highest BCUT2D eigenvalue weighted by Crippen LogP contribution is 2.58. The minimum Gasteiger partial charge on any atom is -0.462 e. The van der Waals surface area contributed by atoms with Crippen molar-refractivity contribution in [2.75, 3.05) is 0 Å². The van der Waals surface area contributed by atoms with Gasteiger partial charge in [-0.1, -0.05) is 0 Å². The predicted molar refractivity (Wildman–Crippen MR) is 87.5 cm³/mol. The summed E-state index contributed by atoms with van der Waals surface area (Å²) in [6, 6.07) is 0. The van der Waals surface area contributed by atoms with Crippen molar-refractivity contribution in [3.8, 4) is 0 Å². The monoisotopic (exact) mass is 314 g/mol. The molecule has 2 nitrogen and oxygen atoms in total. The van der Waals surface area contributed by atoms with Crippen LogP contribution < -0.4 is 0 Å². The SMILES string of the molecule is O=C(OC1C2CC3CC(C2)CC1C3)C1C2CC3CC(C2)CC1C3. The van der Waals surface area contributed by atoms with Crippen molar-refractivity contribution < 1.29 is 9.53 Å². The number of ether oxygens (including phenoxy) is 1. The molecule has 23 heavy (non-hydrogen) atoms. The zero-order valence-electron chi connectivity index (χ0n) is 14.2. The standard InChI is InChI=1S/C21H30O2/c22-21(19-15-3-11-1-12(5-15)6-16(19)4-11)23-20-17-7-13-2-14(9-17)10-18(20)8-13/h11-20H,1-10H2. The van der Waals surface area contributed by atoms with E-state index in [9.17, 15) is 4.79 Å². The highest BCUT2D eigenvalue weighted by molar-refractivity contribution is 5.74. The molecular weight excluding hydrogens is 284 g/mol.